The number of carbonyl (C=O) groups is 1. The molecule has 1 aliphatic rings. The minimum atomic E-state index is -0.264. The average molecular weight is 378 g/mol. The standard InChI is InChI=1S/C22H22N2O4/c1-14-4-7-16(8-5-14)24-22-19(21(26)23-13-18-3-2-10-27-18)11-15-6-9-17(25)12-20(15)28-22/h4-9,11-12,18,25H,2-3,10,13H2,1H3,(H,23,26)/t18-/m0/s1. The van der Waals surface area contributed by atoms with E-state index < -0.39 is 0 Å². The quantitative estimate of drug-likeness (QED) is 0.727. The number of nitrogens with zero attached hydrogens (tertiary/aromatic N) is 1. The number of hydrogen-bond acceptors (Lipinski definition) is 5. The second-order valence-electron chi connectivity index (χ2n) is 6.98. The molecule has 0 unspecified atom stereocenters. The van der Waals surface area contributed by atoms with Crippen LogP contribution >= 0.6 is 0 Å². The number of amides is 1. The predicted octanol–water partition coefficient (Wildman–Crippen LogP) is 3.59. The van der Waals surface area contributed by atoms with Gasteiger partial charge in [0.2, 0.25) is 5.55 Å². The molecule has 2 aromatic carbocycles. The Morgan fingerprint density at radius 1 is 1.21 bits per heavy atom. The summed E-state index contributed by atoms with van der Waals surface area (Å²) in [5.74, 6) is -0.173. The molecule has 0 spiro atoms. The molecule has 0 bridgehead atoms. The monoisotopic (exact) mass is 378 g/mol. The van der Waals surface area contributed by atoms with E-state index in [1.54, 1.807) is 18.2 Å². The zero-order valence-electron chi connectivity index (χ0n) is 15.6. The molecule has 4 rings (SSSR count). The molecule has 2 N–H and O–H groups in total. The Hall–Kier alpha value is -3.12. The molecule has 2 heterocycles. The maximum atomic E-state index is 12.8. The van der Waals surface area contributed by atoms with E-state index in [9.17, 15) is 9.90 Å². The van der Waals surface area contributed by atoms with Crippen molar-refractivity contribution in [1.29, 1.82) is 0 Å². The number of aryl methyl sites for hydroxylation is 1. The smallest absolute Gasteiger partial charge is 0.256 e. The summed E-state index contributed by atoms with van der Waals surface area (Å²) >= 11 is 0. The number of carbonyl (C=O) groups excluding carboxylic acids is 1. The molecule has 1 saturated heterocycles. The Morgan fingerprint density at radius 2 is 2.04 bits per heavy atom. The third-order valence-electron chi connectivity index (χ3n) is 4.76. The minimum absolute atomic E-state index is 0.0516. The van der Waals surface area contributed by atoms with Crippen molar-refractivity contribution < 1.29 is 19.1 Å². The summed E-state index contributed by atoms with van der Waals surface area (Å²) in [6, 6.07) is 14.1. The molecule has 3 aromatic rings. The van der Waals surface area contributed by atoms with Crippen LogP contribution in [0.25, 0.3) is 11.0 Å². The summed E-state index contributed by atoms with van der Waals surface area (Å²) in [5, 5.41) is 13.4. The Labute approximate surface area is 162 Å². The van der Waals surface area contributed by atoms with Crippen molar-refractivity contribution >= 4 is 22.6 Å². The third-order valence-corrected chi connectivity index (χ3v) is 4.76. The molecule has 1 aromatic heterocycles. The number of phenols is 1. The maximum Gasteiger partial charge on any atom is 0.256 e. The van der Waals surface area contributed by atoms with E-state index in [4.69, 9.17) is 9.15 Å². The van der Waals surface area contributed by atoms with Gasteiger partial charge in [-0.1, -0.05) is 17.7 Å². The summed E-state index contributed by atoms with van der Waals surface area (Å²) in [6.45, 7) is 3.19. The van der Waals surface area contributed by atoms with Gasteiger partial charge in [0.05, 0.1) is 11.8 Å². The molecule has 1 fully saturated rings. The first-order chi connectivity index (χ1) is 13.6. The minimum Gasteiger partial charge on any atom is -0.508 e. The number of nitrogens with one attached hydrogen (secondary N) is 1. The summed E-state index contributed by atoms with van der Waals surface area (Å²) in [6.07, 6.45) is 2.02. The fourth-order valence-electron chi connectivity index (χ4n) is 3.20. The van der Waals surface area contributed by atoms with Crippen LogP contribution in [0.15, 0.2) is 57.9 Å². The number of aromatic hydroxyl groups is 1. The van der Waals surface area contributed by atoms with Crippen LogP contribution < -0.4 is 10.9 Å². The van der Waals surface area contributed by atoms with Crippen molar-refractivity contribution in [3.8, 4) is 5.75 Å². The van der Waals surface area contributed by atoms with E-state index in [0.29, 0.717) is 28.8 Å². The van der Waals surface area contributed by atoms with E-state index in [-0.39, 0.29) is 23.3 Å². The van der Waals surface area contributed by atoms with Gasteiger partial charge in [0.1, 0.15) is 16.9 Å². The Kier molecular flexibility index (Phi) is 5.12. The van der Waals surface area contributed by atoms with Crippen LogP contribution in [0, 0.1) is 6.92 Å². The molecular weight excluding hydrogens is 356 g/mol. The van der Waals surface area contributed by atoms with Gasteiger partial charge in [-0.05, 0) is 50.1 Å². The van der Waals surface area contributed by atoms with E-state index >= 15 is 0 Å². The van der Waals surface area contributed by atoms with Gasteiger partial charge in [0.15, 0.2) is 0 Å². The first-order valence-electron chi connectivity index (χ1n) is 9.36. The van der Waals surface area contributed by atoms with Crippen molar-refractivity contribution in [2.45, 2.75) is 25.9 Å². The number of fused-ring (bicyclic) bond motifs is 1. The molecule has 144 valence electrons. The second kappa shape index (κ2) is 7.86. The summed E-state index contributed by atoms with van der Waals surface area (Å²) in [4.78, 5) is 17.4. The van der Waals surface area contributed by atoms with E-state index in [2.05, 4.69) is 10.3 Å². The van der Waals surface area contributed by atoms with E-state index in [0.717, 1.165) is 25.0 Å². The fraction of sp³-hybridized carbons (Fsp3) is 0.273. The summed E-state index contributed by atoms with van der Waals surface area (Å²) in [7, 11) is 0. The van der Waals surface area contributed by atoms with E-state index in [1.807, 2.05) is 31.2 Å². The SMILES string of the molecule is Cc1ccc(N=c2oc3cc(O)ccc3cc2C(=O)NC[C@@H]2CCCO2)cc1. The van der Waals surface area contributed by atoms with Gasteiger partial charge in [0.25, 0.3) is 5.91 Å². The van der Waals surface area contributed by atoms with Gasteiger partial charge in [-0.25, -0.2) is 4.99 Å². The van der Waals surface area contributed by atoms with Gasteiger partial charge in [-0.3, -0.25) is 4.79 Å². The van der Waals surface area contributed by atoms with Gasteiger partial charge in [-0.15, -0.1) is 0 Å². The Bertz CT molecular complexity index is 1060. The lowest BCUT2D eigenvalue weighted by Gasteiger charge is -2.11. The summed E-state index contributed by atoms with van der Waals surface area (Å²) in [5.41, 5.74) is 2.81. The second-order valence-corrected chi connectivity index (χ2v) is 6.98. The van der Waals surface area contributed by atoms with Crippen LogP contribution in [0.4, 0.5) is 5.69 Å². The average Bonchev–Trinajstić information content (AvgIpc) is 3.21. The van der Waals surface area contributed by atoms with E-state index in [1.165, 1.54) is 6.07 Å². The number of ether oxygens (including phenoxy) is 1. The fourth-order valence-corrected chi connectivity index (χ4v) is 3.20. The lowest BCUT2D eigenvalue weighted by atomic mass is 10.1. The first kappa shape index (κ1) is 18.3. The molecule has 0 aliphatic carbocycles. The highest BCUT2D eigenvalue weighted by atomic mass is 16.5. The third kappa shape index (κ3) is 4.07. The highest BCUT2D eigenvalue weighted by Gasteiger charge is 2.18. The molecule has 0 saturated carbocycles. The number of phenolic OH excluding ortho intramolecular Hbond substituents is 1. The largest absolute Gasteiger partial charge is 0.508 e. The Balaban J connectivity index is 1.74. The van der Waals surface area contributed by atoms with Crippen LogP contribution in [0.2, 0.25) is 0 Å². The van der Waals surface area contributed by atoms with Crippen LogP contribution in [0.3, 0.4) is 0 Å². The van der Waals surface area contributed by atoms with Gasteiger partial charge >= 0.3 is 0 Å². The van der Waals surface area contributed by atoms with Crippen LogP contribution in [-0.4, -0.2) is 30.3 Å². The van der Waals surface area contributed by atoms with Crippen LogP contribution in [-0.2, 0) is 4.74 Å². The van der Waals surface area contributed by atoms with Crippen molar-refractivity contribution in [3.63, 3.8) is 0 Å². The highest BCUT2D eigenvalue weighted by molar-refractivity contribution is 5.96. The molecule has 6 heteroatoms. The van der Waals surface area contributed by atoms with Crippen molar-refractivity contribution in [2.75, 3.05) is 13.2 Å². The lowest BCUT2D eigenvalue weighted by Crippen LogP contribution is -2.34. The van der Waals surface area contributed by atoms with Gasteiger partial charge in [-0.2, -0.15) is 0 Å². The molecule has 0 radical (unpaired) electrons. The number of hydrogen-bond donors (Lipinski definition) is 2. The molecule has 1 atom stereocenters. The molecule has 28 heavy (non-hydrogen) atoms. The van der Waals surface area contributed by atoms with Crippen molar-refractivity contribution in [1.82, 2.24) is 5.32 Å². The normalized spacial score (nSPS) is 17.2. The summed E-state index contributed by atoms with van der Waals surface area (Å²) < 4.78 is 11.5. The number of rotatable bonds is 4. The van der Waals surface area contributed by atoms with Crippen molar-refractivity contribution in [3.05, 3.63) is 65.2 Å². The van der Waals surface area contributed by atoms with Crippen LogP contribution in [0.5, 0.6) is 5.75 Å². The highest BCUT2D eigenvalue weighted by Crippen LogP contribution is 2.20. The molecule has 1 aliphatic heterocycles. The topological polar surface area (TPSA) is 84.1 Å². The van der Waals surface area contributed by atoms with Gasteiger partial charge < -0.3 is 19.6 Å². The lowest BCUT2D eigenvalue weighted by molar-refractivity contribution is 0.0854. The van der Waals surface area contributed by atoms with Gasteiger partial charge in [0, 0.05) is 24.6 Å². The Morgan fingerprint density at radius 3 is 2.79 bits per heavy atom. The number of benzene rings is 2. The first-order valence-corrected chi connectivity index (χ1v) is 9.36. The van der Waals surface area contributed by atoms with Crippen LogP contribution in [0.1, 0.15) is 28.8 Å². The zero-order chi connectivity index (χ0) is 19.5. The predicted molar refractivity (Wildman–Crippen MR) is 106 cm³/mol. The molecule has 6 nitrogen and oxygen atoms in total. The molecule has 1 amide bonds. The zero-order valence-corrected chi connectivity index (χ0v) is 15.6. The maximum absolute atomic E-state index is 12.8. The molecular formula is C22H22N2O4. The van der Waals surface area contributed by atoms with Crippen molar-refractivity contribution in [2.24, 2.45) is 4.99 Å².